The molecule has 0 unspecified atom stereocenters. The van der Waals surface area contributed by atoms with Crippen LogP contribution in [0.25, 0.3) is 0 Å². The molecule has 1 fully saturated rings. The van der Waals surface area contributed by atoms with E-state index in [1.165, 1.54) is 0 Å². The van der Waals surface area contributed by atoms with E-state index >= 15 is 0 Å². The molecule has 0 aromatic carbocycles. The van der Waals surface area contributed by atoms with Gasteiger partial charge in [0.25, 0.3) is 0 Å². The molecule has 1 aliphatic heterocycles. The zero-order valence-electron chi connectivity index (χ0n) is 21.9. The van der Waals surface area contributed by atoms with Gasteiger partial charge in [0, 0.05) is 12.8 Å². The van der Waals surface area contributed by atoms with Crippen molar-refractivity contribution in [3.05, 3.63) is 0 Å². The fourth-order valence-corrected chi connectivity index (χ4v) is 3.40. The Balaban J connectivity index is 2.60. The lowest BCUT2D eigenvalue weighted by Gasteiger charge is -2.40. The van der Waals surface area contributed by atoms with Crippen molar-refractivity contribution in [1.29, 1.82) is 0 Å². The SMILES string of the molecule is CC(C)[C@H](NC(=O)OC(C)(C)C)C(=O)OCC[C@@H]1C[C@H](CC(=O)OC(C)(C)C)OC(C)(C)O1. The summed E-state index contributed by atoms with van der Waals surface area (Å²) in [5.74, 6) is -1.92. The number of carbonyl (C=O) groups excluding carboxylic acids is 3. The van der Waals surface area contributed by atoms with E-state index in [4.69, 9.17) is 23.7 Å². The summed E-state index contributed by atoms with van der Waals surface area (Å²) in [5, 5.41) is 2.58. The molecule has 0 spiro atoms. The molecule has 1 N–H and O–H groups in total. The van der Waals surface area contributed by atoms with Gasteiger partial charge in [-0.1, -0.05) is 13.8 Å². The average Bonchev–Trinajstić information content (AvgIpc) is 2.54. The van der Waals surface area contributed by atoms with Crippen molar-refractivity contribution < 1.29 is 38.1 Å². The standard InChI is InChI=1S/C24H43NO8/c1-15(2)19(25-21(28)33-23(6,7)8)20(27)29-12-11-16-13-17(31-24(9,10)30-16)14-18(26)32-22(3,4)5/h15-17,19H,11-14H2,1-10H3,(H,25,28)/t16-,17-,19+/m1/s1. The van der Waals surface area contributed by atoms with Gasteiger partial charge in [-0.05, 0) is 61.3 Å². The van der Waals surface area contributed by atoms with E-state index in [0.29, 0.717) is 12.8 Å². The van der Waals surface area contributed by atoms with Crippen molar-refractivity contribution in [2.75, 3.05) is 6.61 Å². The zero-order valence-corrected chi connectivity index (χ0v) is 21.9. The van der Waals surface area contributed by atoms with Crippen LogP contribution in [0.3, 0.4) is 0 Å². The molecular weight excluding hydrogens is 430 g/mol. The van der Waals surface area contributed by atoms with Crippen LogP contribution in [0.2, 0.25) is 0 Å². The Morgan fingerprint density at radius 2 is 1.52 bits per heavy atom. The third-order valence-electron chi connectivity index (χ3n) is 4.52. The number of esters is 2. The third kappa shape index (κ3) is 12.2. The first-order valence-corrected chi connectivity index (χ1v) is 11.6. The van der Waals surface area contributed by atoms with E-state index in [2.05, 4.69) is 5.32 Å². The molecule has 1 amide bonds. The average molecular weight is 474 g/mol. The fourth-order valence-electron chi connectivity index (χ4n) is 3.40. The number of nitrogens with one attached hydrogen (secondary N) is 1. The summed E-state index contributed by atoms with van der Waals surface area (Å²) in [4.78, 5) is 36.9. The van der Waals surface area contributed by atoms with Crippen LogP contribution in [0.5, 0.6) is 0 Å². The van der Waals surface area contributed by atoms with E-state index < -0.39 is 35.1 Å². The Morgan fingerprint density at radius 1 is 0.970 bits per heavy atom. The highest BCUT2D eigenvalue weighted by Crippen LogP contribution is 2.30. The molecule has 1 heterocycles. The van der Waals surface area contributed by atoms with E-state index in [-0.39, 0.29) is 37.1 Å². The number of carbonyl (C=O) groups is 3. The Kier molecular flexibility index (Phi) is 10.2. The molecular formula is C24H43NO8. The summed E-state index contributed by atoms with van der Waals surface area (Å²) in [6.07, 6.45) is -0.260. The molecule has 192 valence electrons. The lowest BCUT2D eigenvalue weighted by Crippen LogP contribution is -2.48. The van der Waals surface area contributed by atoms with Crippen LogP contribution in [0.4, 0.5) is 4.79 Å². The van der Waals surface area contributed by atoms with Gasteiger partial charge in [-0.15, -0.1) is 0 Å². The summed E-state index contributed by atoms with van der Waals surface area (Å²) in [6, 6.07) is -0.827. The topological polar surface area (TPSA) is 109 Å². The van der Waals surface area contributed by atoms with Gasteiger partial charge in [-0.3, -0.25) is 4.79 Å². The highest BCUT2D eigenvalue weighted by molar-refractivity contribution is 5.81. The van der Waals surface area contributed by atoms with Crippen molar-refractivity contribution in [2.45, 2.75) is 124 Å². The summed E-state index contributed by atoms with van der Waals surface area (Å²) < 4.78 is 27.9. The number of hydrogen-bond acceptors (Lipinski definition) is 8. The monoisotopic (exact) mass is 473 g/mol. The number of hydrogen-bond donors (Lipinski definition) is 1. The van der Waals surface area contributed by atoms with E-state index in [0.717, 1.165) is 0 Å². The van der Waals surface area contributed by atoms with Gasteiger partial charge in [0.2, 0.25) is 0 Å². The summed E-state index contributed by atoms with van der Waals surface area (Å²) >= 11 is 0. The first-order chi connectivity index (χ1) is 14.9. The predicted octanol–water partition coefficient (Wildman–Crippen LogP) is 4.11. The number of ether oxygens (including phenoxy) is 5. The zero-order chi connectivity index (χ0) is 25.6. The van der Waals surface area contributed by atoms with Crippen molar-refractivity contribution in [1.82, 2.24) is 5.32 Å². The van der Waals surface area contributed by atoms with Crippen LogP contribution in [0.15, 0.2) is 0 Å². The third-order valence-corrected chi connectivity index (χ3v) is 4.52. The molecule has 9 nitrogen and oxygen atoms in total. The first-order valence-electron chi connectivity index (χ1n) is 11.6. The lowest BCUT2D eigenvalue weighted by atomic mass is 10.0. The predicted molar refractivity (Wildman–Crippen MR) is 122 cm³/mol. The smallest absolute Gasteiger partial charge is 0.408 e. The minimum Gasteiger partial charge on any atom is -0.464 e. The molecule has 33 heavy (non-hydrogen) atoms. The molecule has 1 saturated heterocycles. The maximum Gasteiger partial charge on any atom is 0.408 e. The van der Waals surface area contributed by atoms with Crippen LogP contribution >= 0.6 is 0 Å². The largest absolute Gasteiger partial charge is 0.464 e. The van der Waals surface area contributed by atoms with Gasteiger partial charge in [-0.25, -0.2) is 9.59 Å². The number of rotatable bonds is 8. The van der Waals surface area contributed by atoms with Crippen LogP contribution in [0.1, 0.15) is 88.5 Å². The molecule has 0 radical (unpaired) electrons. The van der Waals surface area contributed by atoms with Crippen LogP contribution < -0.4 is 5.32 Å². The normalized spacial score (nSPS) is 21.8. The van der Waals surface area contributed by atoms with E-state index in [9.17, 15) is 14.4 Å². The maximum atomic E-state index is 12.6. The van der Waals surface area contributed by atoms with E-state index in [1.807, 2.05) is 34.6 Å². The molecule has 3 atom stereocenters. The summed E-state index contributed by atoms with van der Waals surface area (Å²) in [5.41, 5.74) is -1.23. The minimum atomic E-state index is -0.877. The molecule has 0 aromatic heterocycles. The quantitative estimate of drug-likeness (QED) is 0.414. The molecule has 0 aliphatic carbocycles. The summed E-state index contributed by atoms with van der Waals surface area (Å²) in [6.45, 7) is 18.0. The highest BCUT2D eigenvalue weighted by atomic mass is 16.7. The molecule has 9 heteroatoms. The second-order valence-corrected chi connectivity index (χ2v) is 11.2. The second kappa shape index (κ2) is 11.5. The molecule has 1 rings (SSSR count). The molecule has 0 saturated carbocycles. The molecule has 0 bridgehead atoms. The van der Waals surface area contributed by atoms with Gasteiger partial charge in [-0.2, -0.15) is 0 Å². The molecule has 0 aromatic rings. The highest BCUT2D eigenvalue weighted by Gasteiger charge is 2.37. The van der Waals surface area contributed by atoms with Gasteiger partial charge in [0.05, 0.1) is 25.2 Å². The second-order valence-electron chi connectivity index (χ2n) is 11.2. The minimum absolute atomic E-state index is 0.109. The van der Waals surface area contributed by atoms with Crippen molar-refractivity contribution in [2.24, 2.45) is 5.92 Å². The van der Waals surface area contributed by atoms with Crippen LogP contribution in [0, 0.1) is 5.92 Å². The van der Waals surface area contributed by atoms with Crippen LogP contribution in [-0.4, -0.2) is 59.9 Å². The number of amides is 1. The lowest BCUT2D eigenvalue weighted by molar-refractivity contribution is -0.301. The van der Waals surface area contributed by atoms with Gasteiger partial charge in [0.15, 0.2) is 5.79 Å². The van der Waals surface area contributed by atoms with Gasteiger partial charge < -0.3 is 29.0 Å². The fraction of sp³-hybridized carbons (Fsp3) is 0.875. The first kappa shape index (κ1) is 29.2. The Bertz CT molecular complexity index is 675. The Labute approximate surface area is 198 Å². The van der Waals surface area contributed by atoms with E-state index in [1.54, 1.807) is 34.6 Å². The Morgan fingerprint density at radius 3 is 2.03 bits per heavy atom. The van der Waals surface area contributed by atoms with Gasteiger partial charge in [0.1, 0.15) is 17.2 Å². The van der Waals surface area contributed by atoms with Crippen molar-refractivity contribution in [3.8, 4) is 0 Å². The van der Waals surface area contributed by atoms with Crippen LogP contribution in [-0.2, 0) is 33.3 Å². The number of alkyl carbamates (subject to hydrolysis) is 1. The Hall–Kier alpha value is -1.87. The van der Waals surface area contributed by atoms with Crippen molar-refractivity contribution in [3.63, 3.8) is 0 Å². The maximum absolute atomic E-state index is 12.6. The van der Waals surface area contributed by atoms with Gasteiger partial charge >= 0.3 is 18.0 Å². The molecule has 1 aliphatic rings. The van der Waals surface area contributed by atoms with Crippen molar-refractivity contribution >= 4 is 18.0 Å². The summed E-state index contributed by atoms with van der Waals surface area (Å²) in [7, 11) is 0.